The summed E-state index contributed by atoms with van der Waals surface area (Å²) in [5.74, 6) is 1.53. The number of β-lactam (4-membered cyclic amide) rings is 1. The molecule has 4 nitrogen and oxygen atoms in total. The number of hydrogen-bond donors (Lipinski definition) is 1. The molecule has 16 heavy (non-hydrogen) atoms. The van der Waals surface area contributed by atoms with Crippen molar-refractivity contribution in [1.29, 1.82) is 0 Å². The Kier molecular flexibility index (Phi) is 3.24. The van der Waals surface area contributed by atoms with Gasteiger partial charge in [0, 0.05) is 4.90 Å². The van der Waals surface area contributed by atoms with Crippen LogP contribution in [0.15, 0.2) is 23.1 Å². The van der Waals surface area contributed by atoms with Gasteiger partial charge in [0.15, 0.2) is 11.5 Å². The lowest BCUT2D eigenvalue weighted by atomic mass is 10.3. The number of carbonyl (C=O) groups is 1. The van der Waals surface area contributed by atoms with Gasteiger partial charge in [0.2, 0.25) is 5.91 Å². The molecule has 0 aromatic heterocycles. The largest absolute Gasteiger partial charge is 0.493 e. The van der Waals surface area contributed by atoms with Gasteiger partial charge in [-0.3, -0.25) is 4.79 Å². The second kappa shape index (κ2) is 4.65. The van der Waals surface area contributed by atoms with E-state index in [9.17, 15) is 4.79 Å². The lowest BCUT2D eigenvalue weighted by molar-refractivity contribution is -0.126. The predicted molar refractivity (Wildman–Crippen MR) is 62.0 cm³/mol. The van der Waals surface area contributed by atoms with Crippen LogP contribution in [-0.4, -0.2) is 25.5 Å². The van der Waals surface area contributed by atoms with Crippen molar-refractivity contribution in [1.82, 2.24) is 5.32 Å². The molecule has 1 unspecified atom stereocenters. The second-order valence-corrected chi connectivity index (χ2v) is 4.67. The first-order chi connectivity index (χ1) is 7.72. The highest BCUT2D eigenvalue weighted by molar-refractivity contribution is 8.00. The number of rotatable bonds is 4. The summed E-state index contributed by atoms with van der Waals surface area (Å²) < 4.78 is 10.4. The topological polar surface area (TPSA) is 47.6 Å². The van der Waals surface area contributed by atoms with Crippen molar-refractivity contribution >= 4 is 17.7 Å². The van der Waals surface area contributed by atoms with Crippen LogP contribution in [0.5, 0.6) is 11.5 Å². The third-order valence-corrected chi connectivity index (χ3v) is 3.42. The summed E-state index contributed by atoms with van der Waals surface area (Å²) in [7, 11) is 3.22. The van der Waals surface area contributed by atoms with Crippen molar-refractivity contribution in [2.45, 2.75) is 16.7 Å². The summed E-state index contributed by atoms with van der Waals surface area (Å²) in [6, 6.07) is 5.73. The van der Waals surface area contributed by atoms with Crippen molar-refractivity contribution in [2.24, 2.45) is 0 Å². The molecule has 1 saturated heterocycles. The Hall–Kier alpha value is -1.36. The number of methoxy groups -OCH3 is 2. The van der Waals surface area contributed by atoms with Crippen LogP contribution in [0.4, 0.5) is 0 Å². The number of ether oxygens (including phenoxy) is 2. The van der Waals surface area contributed by atoms with Gasteiger partial charge in [-0.15, -0.1) is 11.8 Å². The molecule has 5 heteroatoms. The van der Waals surface area contributed by atoms with Crippen LogP contribution in [0.25, 0.3) is 0 Å². The number of amides is 1. The molecule has 1 N–H and O–H groups in total. The van der Waals surface area contributed by atoms with E-state index >= 15 is 0 Å². The maximum Gasteiger partial charge on any atom is 0.223 e. The fraction of sp³-hybridized carbons (Fsp3) is 0.364. The van der Waals surface area contributed by atoms with Gasteiger partial charge in [-0.2, -0.15) is 0 Å². The normalized spacial score (nSPS) is 18.6. The molecule has 1 amide bonds. The zero-order valence-corrected chi connectivity index (χ0v) is 9.97. The number of hydrogen-bond acceptors (Lipinski definition) is 4. The summed E-state index contributed by atoms with van der Waals surface area (Å²) >= 11 is 1.62. The van der Waals surface area contributed by atoms with Crippen LogP contribution in [0.2, 0.25) is 0 Å². The van der Waals surface area contributed by atoms with Gasteiger partial charge in [0.25, 0.3) is 0 Å². The van der Waals surface area contributed by atoms with E-state index in [4.69, 9.17) is 9.47 Å². The summed E-state index contributed by atoms with van der Waals surface area (Å²) in [5, 5.41) is 3.00. The van der Waals surface area contributed by atoms with Gasteiger partial charge in [0.1, 0.15) is 0 Å². The summed E-state index contributed by atoms with van der Waals surface area (Å²) in [6.07, 6.45) is 0.582. The molecule has 1 aromatic carbocycles. The van der Waals surface area contributed by atoms with E-state index in [0.717, 1.165) is 4.90 Å². The first kappa shape index (κ1) is 11.1. The predicted octanol–water partition coefficient (Wildman–Crippen LogP) is 1.64. The Morgan fingerprint density at radius 2 is 2.00 bits per heavy atom. The highest BCUT2D eigenvalue weighted by atomic mass is 32.2. The first-order valence-electron chi connectivity index (χ1n) is 4.91. The molecule has 1 aliphatic rings. The highest BCUT2D eigenvalue weighted by Gasteiger charge is 2.26. The maximum absolute atomic E-state index is 10.8. The molecule has 2 rings (SSSR count). The molecule has 1 aliphatic heterocycles. The number of carbonyl (C=O) groups excluding carboxylic acids is 1. The molecule has 1 atom stereocenters. The molecule has 0 radical (unpaired) electrons. The zero-order chi connectivity index (χ0) is 11.5. The van der Waals surface area contributed by atoms with Crippen molar-refractivity contribution in [3.63, 3.8) is 0 Å². The molecule has 0 aliphatic carbocycles. The number of nitrogens with one attached hydrogen (secondary N) is 1. The molecule has 1 heterocycles. The van der Waals surface area contributed by atoms with E-state index in [1.165, 1.54) is 0 Å². The van der Waals surface area contributed by atoms with Crippen LogP contribution in [0.1, 0.15) is 6.42 Å². The third-order valence-electron chi connectivity index (χ3n) is 2.33. The van der Waals surface area contributed by atoms with Crippen molar-refractivity contribution in [3.8, 4) is 11.5 Å². The molecule has 86 valence electrons. The maximum atomic E-state index is 10.8. The van der Waals surface area contributed by atoms with E-state index in [0.29, 0.717) is 17.9 Å². The Labute approximate surface area is 98.3 Å². The average molecular weight is 239 g/mol. The Morgan fingerprint density at radius 3 is 2.56 bits per heavy atom. The summed E-state index contributed by atoms with van der Waals surface area (Å²) in [5.41, 5.74) is 0. The lowest BCUT2D eigenvalue weighted by Crippen LogP contribution is -2.46. The van der Waals surface area contributed by atoms with Crippen LogP contribution in [0.3, 0.4) is 0 Å². The highest BCUT2D eigenvalue weighted by Crippen LogP contribution is 2.34. The van der Waals surface area contributed by atoms with Crippen molar-refractivity contribution < 1.29 is 14.3 Å². The molecular weight excluding hydrogens is 226 g/mol. The Balaban J connectivity index is 2.07. The number of thioether (sulfide) groups is 1. The van der Waals surface area contributed by atoms with Gasteiger partial charge in [-0.1, -0.05) is 0 Å². The minimum absolute atomic E-state index is 0.109. The smallest absolute Gasteiger partial charge is 0.223 e. The number of benzene rings is 1. The molecular formula is C11H13NO3S. The monoisotopic (exact) mass is 239 g/mol. The van der Waals surface area contributed by atoms with Gasteiger partial charge >= 0.3 is 0 Å². The van der Waals surface area contributed by atoms with E-state index in [-0.39, 0.29) is 11.3 Å². The van der Waals surface area contributed by atoms with Crippen molar-refractivity contribution in [3.05, 3.63) is 18.2 Å². The summed E-state index contributed by atoms with van der Waals surface area (Å²) in [6.45, 7) is 0. The van der Waals surface area contributed by atoms with Gasteiger partial charge in [-0.25, -0.2) is 0 Å². The molecule has 1 fully saturated rings. The third kappa shape index (κ3) is 2.24. The average Bonchev–Trinajstić information content (AvgIpc) is 2.27. The van der Waals surface area contributed by atoms with Crippen LogP contribution in [0, 0.1) is 0 Å². The fourth-order valence-electron chi connectivity index (χ4n) is 1.45. The molecule has 0 spiro atoms. The van der Waals surface area contributed by atoms with E-state index in [2.05, 4.69) is 5.32 Å². The Bertz CT molecular complexity index is 400. The fourth-order valence-corrected chi connectivity index (χ4v) is 2.53. The standard InChI is InChI=1S/C11H13NO3S/c1-14-8-4-3-7(5-9(8)15-2)16-11-6-10(13)12-11/h3-5,11H,6H2,1-2H3,(H,12,13). The van der Waals surface area contributed by atoms with E-state index < -0.39 is 0 Å². The summed E-state index contributed by atoms with van der Waals surface area (Å²) in [4.78, 5) is 11.8. The lowest BCUT2D eigenvalue weighted by Gasteiger charge is -2.26. The zero-order valence-electron chi connectivity index (χ0n) is 9.15. The van der Waals surface area contributed by atoms with Gasteiger partial charge in [0.05, 0.1) is 26.0 Å². The van der Waals surface area contributed by atoms with Crippen LogP contribution < -0.4 is 14.8 Å². The molecule has 0 bridgehead atoms. The van der Waals surface area contributed by atoms with Crippen molar-refractivity contribution in [2.75, 3.05) is 14.2 Å². The second-order valence-electron chi connectivity index (χ2n) is 3.39. The quantitative estimate of drug-likeness (QED) is 0.811. The molecule has 1 aromatic rings. The van der Waals surface area contributed by atoms with Crippen LogP contribution >= 0.6 is 11.8 Å². The first-order valence-corrected chi connectivity index (χ1v) is 5.79. The SMILES string of the molecule is COc1ccc(SC2CC(=O)N2)cc1OC. The van der Waals surface area contributed by atoms with Gasteiger partial charge < -0.3 is 14.8 Å². The minimum Gasteiger partial charge on any atom is -0.493 e. The van der Waals surface area contributed by atoms with E-state index in [1.807, 2.05) is 18.2 Å². The molecule has 0 saturated carbocycles. The van der Waals surface area contributed by atoms with E-state index in [1.54, 1.807) is 26.0 Å². The van der Waals surface area contributed by atoms with Crippen LogP contribution in [-0.2, 0) is 4.79 Å². The Morgan fingerprint density at radius 1 is 1.31 bits per heavy atom. The van der Waals surface area contributed by atoms with Gasteiger partial charge in [-0.05, 0) is 18.2 Å². The minimum atomic E-state index is 0.109.